The van der Waals surface area contributed by atoms with Crippen molar-refractivity contribution in [3.05, 3.63) is 6.07 Å². The Balaban J connectivity index is 2.27. The highest BCUT2D eigenvalue weighted by atomic mass is 16.5. The fourth-order valence-electron chi connectivity index (χ4n) is 2.38. The summed E-state index contributed by atoms with van der Waals surface area (Å²) < 4.78 is 10.4. The summed E-state index contributed by atoms with van der Waals surface area (Å²) in [6.07, 6.45) is 2.26. The Bertz CT molecular complexity index is 405. The predicted molar refractivity (Wildman–Crippen MR) is 73.7 cm³/mol. The van der Waals surface area contributed by atoms with Crippen molar-refractivity contribution < 1.29 is 9.47 Å². The van der Waals surface area contributed by atoms with E-state index in [1.165, 1.54) is 0 Å². The van der Waals surface area contributed by atoms with Gasteiger partial charge in [0, 0.05) is 12.6 Å². The molecule has 2 unspecified atom stereocenters. The molecule has 19 heavy (non-hydrogen) atoms. The number of hydrogen-bond acceptors (Lipinski definition) is 6. The van der Waals surface area contributed by atoms with E-state index in [1.807, 2.05) is 0 Å². The molecule has 2 rings (SSSR count). The maximum absolute atomic E-state index is 5.78. The summed E-state index contributed by atoms with van der Waals surface area (Å²) >= 11 is 0. The third-order valence-electron chi connectivity index (χ3n) is 3.66. The maximum Gasteiger partial charge on any atom is 0.232 e. The molecule has 2 N–H and O–H groups in total. The first-order valence-corrected chi connectivity index (χ1v) is 6.61. The zero-order chi connectivity index (χ0) is 13.8. The number of anilines is 1. The van der Waals surface area contributed by atoms with Crippen molar-refractivity contribution in [2.75, 3.05) is 32.2 Å². The SMILES string of the molecule is COc1cc(OC)nc(N2CC(CN)CCC2C)n1. The highest BCUT2D eigenvalue weighted by Crippen LogP contribution is 2.27. The number of ether oxygens (including phenoxy) is 2. The molecule has 1 aromatic heterocycles. The summed E-state index contributed by atoms with van der Waals surface area (Å²) in [5.41, 5.74) is 5.78. The standard InChI is InChI=1S/C13H22N4O2/c1-9-4-5-10(7-14)8-17(9)13-15-11(18-2)6-12(16-13)19-3/h6,9-10H,4-5,7-8,14H2,1-3H3. The lowest BCUT2D eigenvalue weighted by Crippen LogP contribution is -2.44. The van der Waals surface area contributed by atoms with Gasteiger partial charge in [-0.3, -0.25) is 0 Å². The van der Waals surface area contributed by atoms with Crippen LogP contribution in [0.5, 0.6) is 11.8 Å². The monoisotopic (exact) mass is 266 g/mol. The first kappa shape index (κ1) is 13.9. The fraction of sp³-hybridized carbons (Fsp3) is 0.692. The van der Waals surface area contributed by atoms with E-state index >= 15 is 0 Å². The van der Waals surface area contributed by atoms with Crippen molar-refractivity contribution in [1.82, 2.24) is 9.97 Å². The van der Waals surface area contributed by atoms with E-state index < -0.39 is 0 Å². The van der Waals surface area contributed by atoms with Crippen LogP contribution in [-0.2, 0) is 0 Å². The van der Waals surface area contributed by atoms with Gasteiger partial charge in [0.2, 0.25) is 17.7 Å². The second-order valence-electron chi connectivity index (χ2n) is 4.93. The van der Waals surface area contributed by atoms with Crippen LogP contribution in [0.25, 0.3) is 0 Å². The average molecular weight is 266 g/mol. The number of piperidine rings is 1. The second kappa shape index (κ2) is 6.06. The summed E-state index contributed by atoms with van der Waals surface area (Å²) in [7, 11) is 3.18. The largest absolute Gasteiger partial charge is 0.481 e. The number of hydrogen-bond donors (Lipinski definition) is 1. The molecule has 0 spiro atoms. The van der Waals surface area contributed by atoms with Gasteiger partial charge in [-0.2, -0.15) is 9.97 Å². The van der Waals surface area contributed by atoms with Crippen LogP contribution in [0.3, 0.4) is 0 Å². The molecule has 6 heteroatoms. The van der Waals surface area contributed by atoms with Gasteiger partial charge in [0.05, 0.1) is 20.3 Å². The smallest absolute Gasteiger partial charge is 0.232 e. The summed E-state index contributed by atoms with van der Waals surface area (Å²) in [5, 5.41) is 0. The van der Waals surface area contributed by atoms with Crippen molar-refractivity contribution in [2.24, 2.45) is 11.7 Å². The van der Waals surface area contributed by atoms with Gasteiger partial charge in [-0.1, -0.05) is 0 Å². The van der Waals surface area contributed by atoms with Crippen LogP contribution in [0.15, 0.2) is 6.07 Å². The van der Waals surface area contributed by atoms with E-state index in [0.29, 0.717) is 36.2 Å². The van der Waals surface area contributed by atoms with Crippen LogP contribution in [-0.4, -0.2) is 43.3 Å². The summed E-state index contributed by atoms with van der Waals surface area (Å²) in [4.78, 5) is 11.0. The van der Waals surface area contributed by atoms with Crippen molar-refractivity contribution in [3.8, 4) is 11.8 Å². The van der Waals surface area contributed by atoms with E-state index in [2.05, 4.69) is 21.8 Å². The van der Waals surface area contributed by atoms with Gasteiger partial charge in [0.25, 0.3) is 0 Å². The van der Waals surface area contributed by atoms with Gasteiger partial charge in [0.1, 0.15) is 0 Å². The lowest BCUT2D eigenvalue weighted by Gasteiger charge is -2.37. The molecule has 2 heterocycles. The molecule has 0 bridgehead atoms. The number of methoxy groups -OCH3 is 2. The molecule has 1 aliphatic rings. The van der Waals surface area contributed by atoms with Gasteiger partial charge in [-0.25, -0.2) is 0 Å². The van der Waals surface area contributed by atoms with Gasteiger partial charge >= 0.3 is 0 Å². The normalized spacial score (nSPS) is 23.3. The fourth-order valence-corrected chi connectivity index (χ4v) is 2.38. The van der Waals surface area contributed by atoms with Crippen LogP contribution >= 0.6 is 0 Å². The molecule has 0 amide bonds. The Kier molecular flexibility index (Phi) is 4.42. The van der Waals surface area contributed by atoms with Gasteiger partial charge < -0.3 is 20.1 Å². The number of nitrogens with two attached hydrogens (primary N) is 1. The highest BCUT2D eigenvalue weighted by Gasteiger charge is 2.27. The van der Waals surface area contributed by atoms with Crippen LogP contribution < -0.4 is 20.1 Å². The van der Waals surface area contributed by atoms with Gasteiger partial charge in [-0.05, 0) is 32.2 Å². The Hall–Kier alpha value is -1.56. The molecule has 1 saturated heterocycles. The van der Waals surface area contributed by atoms with Crippen molar-refractivity contribution in [1.29, 1.82) is 0 Å². The van der Waals surface area contributed by atoms with E-state index in [0.717, 1.165) is 19.4 Å². The topological polar surface area (TPSA) is 73.5 Å². The molecule has 0 radical (unpaired) electrons. The molecule has 6 nitrogen and oxygen atoms in total. The van der Waals surface area contributed by atoms with E-state index in [4.69, 9.17) is 15.2 Å². The Morgan fingerprint density at radius 1 is 1.26 bits per heavy atom. The lowest BCUT2D eigenvalue weighted by molar-refractivity contribution is 0.353. The van der Waals surface area contributed by atoms with E-state index in [1.54, 1.807) is 20.3 Å². The molecule has 106 valence electrons. The molecule has 1 fully saturated rings. The predicted octanol–water partition coefficient (Wildman–Crippen LogP) is 1.06. The Morgan fingerprint density at radius 3 is 2.42 bits per heavy atom. The highest BCUT2D eigenvalue weighted by molar-refractivity contribution is 5.38. The number of nitrogens with zero attached hydrogens (tertiary/aromatic N) is 3. The molecule has 1 aliphatic heterocycles. The second-order valence-corrected chi connectivity index (χ2v) is 4.93. The molecule has 2 atom stereocenters. The van der Waals surface area contributed by atoms with Crippen LogP contribution in [0, 0.1) is 5.92 Å². The molecule has 1 aromatic rings. The third-order valence-corrected chi connectivity index (χ3v) is 3.66. The van der Waals surface area contributed by atoms with Crippen molar-refractivity contribution in [2.45, 2.75) is 25.8 Å². The van der Waals surface area contributed by atoms with Crippen molar-refractivity contribution >= 4 is 5.95 Å². The maximum atomic E-state index is 5.78. The minimum atomic E-state index is 0.402. The first-order valence-electron chi connectivity index (χ1n) is 6.61. The zero-order valence-corrected chi connectivity index (χ0v) is 11.8. The van der Waals surface area contributed by atoms with Crippen molar-refractivity contribution in [3.63, 3.8) is 0 Å². The summed E-state index contributed by atoms with van der Waals surface area (Å²) in [6, 6.07) is 2.08. The van der Waals surface area contributed by atoms with E-state index in [-0.39, 0.29) is 0 Å². The molecule has 0 saturated carbocycles. The van der Waals surface area contributed by atoms with Gasteiger partial charge in [0.15, 0.2) is 0 Å². The minimum Gasteiger partial charge on any atom is -0.481 e. The van der Waals surface area contributed by atoms with E-state index in [9.17, 15) is 0 Å². The molecule has 0 aromatic carbocycles. The van der Waals surface area contributed by atoms with Crippen LogP contribution in [0.1, 0.15) is 19.8 Å². The zero-order valence-electron chi connectivity index (χ0n) is 11.8. The molecule has 0 aliphatic carbocycles. The Labute approximate surface area is 113 Å². The summed E-state index contributed by atoms with van der Waals surface area (Å²) in [6.45, 7) is 3.76. The molecular weight excluding hydrogens is 244 g/mol. The minimum absolute atomic E-state index is 0.402. The van der Waals surface area contributed by atoms with Crippen LogP contribution in [0.4, 0.5) is 5.95 Å². The first-order chi connectivity index (χ1) is 9.17. The molecular formula is C13H22N4O2. The quantitative estimate of drug-likeness (QED) is 0.878. The Morgan fingerprint density at radius 2 is 1.89 bits per heavy atom. The lowest BCUT2D eigenvalue weighted by atomic mass is 9.94. The number of rotatable bonds is 4. The third kappa shape index (κ3) is 3.07. The average Bonchev–Trinajstić information content (AvgIpc) is 2.47. The van der Waals surface area contributed by atoms with Gasteiger partial charge in [-0.15, -0.1) is 0 Å². The van der Waals surface area contributed by atoms with Crippen LogP contribution in [0.2, 0.25) is 0 Å². The number of aromatic nitrogens is 2. The summed E-state index contributed by atoms with van der Waals surface area (Å²) in [5.74, 6) is 2.19.